The van der Waals surface area contributed by atoms with Crippen molar-refractivity contribution in [2.75, 3.05) is 0 Å². The molecule has 0 bridgehead atoms. The lowest BCUT2D eigenvalue weighted by atomic mass is 9.94. The first kappa shape index (κ1) is 7.35. The molecule has 0 aromatic carbocycles. The highest BCUT2D eigenvalue weighted by Gasteiger charge is 2.40. The van der Waals surface area contributed by atoms with Crippen LogP contribution in [-0.2, 0) is 0 Å². The van der Waals surface area contributed by atoms with E-state index < -0.39 is 0 Å². The molecule has 0 spiro atoms. The quantitative estimate of drug-likeness (QED) is 0.602. The zero-order valence-corrected chi connectivity index (χ0v) is 6.97. The molecule has 2 rings (SSSR count). The minimum Gasteiger partial charge on any atom is -0.390 e. The van der Waals surface area contributed by atoms with Gasteiger partial charge in [0.05, 0.1) is 5.60 Å². The van der Waals surface area contributed by atoms with Crippen molar-refractivity contribution in [1.82, 2.24) is 0 Å². The monoisotopic (exact) mass is 152 g/mol. The van der Waals surface area contributed by atoms with Crippen molar-refractivity contribution >= 4 is 0 Å². The molecule has 2 aliphatic rings. The highest BCUT2D eigenvalue weighted by molar-refractivity contribution is 5.12. The Bertz CT molecular complexity index is 177. The third kappa shape index (κ3) is 1.84. The van der Waals surface area contributed by atoms with Crippen LogP contribution in [0.25, 0.3) is 0 Å². The highest BCUT2D eigenvalue weighted by atomic mass is 16.3. The second kappa shape index (κ2) is 2.63. The molecule has 0 radical (unpaired) electrons. The fourth-order valence-corrected chi connectivity index (χ4v) is 1.81. The van der Waals surface area contributed by atoms with Crippen LogP contribution < -0.4 is 0 Å². The first-order chi connectivity index (χ1) is 5.29. The molecule has 2 aliphatic carbocycles. The van der Waals surface area contributed by atoms with Gasteiger partial charge in [0, 0.05) is 0 Å². The summed E-state index contributed by atoms with van der Waals surface area (Å²) in [5.41, 5.74) is 1.25. The Labute approximate surface area is 68.1 Å². The zero-order valence-electron chi connectivity index (χ0n) is 6.97. The molecule has 11 heavy (non-hydrogen) atoms. The summed E-state index contributed by atoms with van der Waals surface area (Å²) in [6.45, 7) is 0. The second-order valence-corrected chi connectivity index (χ2v) is 4.01. The van der Waals surface area contributed by atoms with E-state index in [9.17, 15) is 5.11 Å². The van der Waals surface area contributed by atoms with Crippen molar-refractivity contribution < 1.29 is 5.11 Å². The van der Waals surface area contributed by atoms with Gasteiger partial charge in [-0.05, 0) is 44.9 Å². The molecule has 0 heterocycles. The van der Waals surface area contributed by atoms with E-state index in [-0.39, 0.29) is 5.60 Å². The standard InChI is InChI=1S/C10H16O/c11-10(6-7-10)8-9-4-2-1-3-5-9/h4,11H,1-3,5-8H2. The summed E-state index contributed by atoms with van der Waals surface area (Å²) in [7, 11) is 0. The Morgan fingerprint density at radius 2 is 2.18 bits per heavy atom. The summed E-state index contributed by atoms with van der Waals surface area (Å²) < 4.78 is 0. The van der Waals surface area contributed by atoms with Gasteiger partial charge in [-0.2, -0.15) is 0 Å². The van der Waals surface area contributed by atoms with Crippen LogP contribution in [0.3, 0.4) is 0 Å². The number of hydrogen-bond acceptors (Lipinski definition) is 1. The summed E-state index contributed by atoms with van der Waals surface area (Å²) in [6, 6.07) is 0. The van der Waals surface area contributed by atoms with Gasteiger partial charge in [0.15, 0.2) is 0 Å². The van der Waals surface area contributed by atoms with Gasteiger partial charge in [0.25, 0.3) is 0 Å². The largest absolute Gasteiger partial charge is 0.390 e. The smallest absolute Gasteiger partial charge is 0.0686 e. The van der Waals surface area contributed by atoms with Crippen molar-refractivity contribution in [1.29, 1.82) is 0 Å². The summed E-state index contributed by atoms with van der Waals surface area (Å²) >= 11 is 0. The number of hydrogen-bond donors (Lipinski definition) is 1. The normalized spacial score (nSPS) is 27.9. The Hall–Kier alpha value is -0.300. The number of rotatable bonds is 2. The molecule has 0 amide bonds. The minimum atomic E-state index is -0.261. The number of aliphatic hydroxyl groups is 1. The van der Waals surface area contributed by atoms with Gasteiger partial charge >= 0.3 is 0 Å². The second-order valence-electron chi connectivity index (χ2n) is 4.01. The summed E-state index contributed by atoms with van der Waals surface area (Å²) in [5.74, 6) is 0. The van der Waals surface area contributed by atoms with Crippen LogP contribution in [0.4, 0.5) is 0 Å². The number of allylic oxidation sites excluding steroid dienone is 1. The zero-order chi connectivity index (χ0) is 7.73. The third-order valence-electron chi connectivity index (χ3n) is 2.77. The van der Waals surface area contributed by atoms with Crippen molar-refractivity contribution in [2.45, 2.75) is 50.5 Å². The van der Waals surface area contributed by atoms with Crippen molar-refractivity contribution in [3.63, 3.8) is 0 Å². The Balaban J connectivity index is 1.89. The Kier molecular flexibility index (Phi) is 1.76. The van der Waals surface area contributed by atoms with Crippen LogP contribution in [-0.4, -0.2) is 10.7 Å². The van der Waals surface area contributed by atoms with Crippen LogP contribution >= 0.6 is 0 Å². The maximum atomic E-state index is 9.64. The van der Waals surface area contributed by atoms with E-state index in [1.807, 2.05) is 0 Å². The van der Waals surface area contributed by atoms with Gasteiger partial charge in [0.2, 0.25) is 0 Å². The van der Waals surface area contributed by atoms with Gasteiger partial charge in [-0.3, -0.25) is 0 Å². The molecule has 1 N–H and O–H groups in total. The summed E-state index contributed by atoms with van der Waals surface area (Å²) in [5, 5.41) is 9.64. The topological polar surface area (TPSA) is 20.2 Å². The summed E-state index contributed by atoms with van der Waals surface area (Å²) in [4.78, 5) is 0. The molecule has 0 saturated heterocycles. The molecule has 0 aromatic heterocycles. The maximum absolute atomic E-state index is 9.64. The van der Waals surface area contributed by atoms with Crippen molar-refractivity contribution in [3.8, 4) is 0 Å². The third-order valence-corrected chi connectivity index (χ3v) is 2.77. The lowest BCUT2D eigenvalue weighted by molar-refractivity contribution is 0.149. The SMILES string of the molecule is OC1(CC2=CCCCC2)CC1. The molecule has 62 valence electrons. The molecule has 0 aromatic rings. The molecule has 0 unspecified atom stereocenters. The lowest BCUT2D eigenvalue weighted by Gasteiger charge is -2.15. The minimum absolute atomic E-state index is 0.261. The van der Waals surface area contributed by atoms with Gasteiger partial charge in [0.1, 0.15) is 0 Å². The molecule has 1 saturated carbocycles. The molecule has 1 heteroatoms. The van der Waals surface area contributed by atoms with Crippen molar-refractivity contribution in [2.24, 2.45) is 0 Å². The predicted molar refractivity (Wildman–Crippen MR) is 45.4 cm³/mol. The van der Waals surface area contributed by atoms with Gasteiger partial charge in [-0.25, -0.2) is 0 Å². The fourth-order valence-electron chi connectivity index (χ4n) is 1.81. The average Bonchev–Trinajstić information content (AvgIpc) is 2.70. The van der Waals surface area contributed by atoms with Crippen LogP contribution in [0.15, 0.2) is 11.6 Å². The predicted octanol–water partition coefficient (Wildman–Crippen LogP) is 2.40. The van der Waals surface area contributed by atoms with Crippen LogP contribution in [0.1, 0.15) is 44.9 Å². The molecular weight excluding hydrogens is 136 g/mol. The van der Waals surface area contributed by atoms with E-state index in [0.717, 1.165) is 19.3 Å². The van der Waals surface area contributed by atoms with E-state index >= 15 is 0 Å². The molecule has 1 fully saturated rings. The molecule has 0 atom stereocenters. The fraction of sp³-hybridized carbons (Fsp3) is 0.800. The van der Waals surface area contributed by atoms with Crippen LogP contribution in [0, 0.1) is 0 Å². The Morgan fingerprint density at radius 1 is 1.36 bits per heavy atom. The van der Waals surface area contributed by atoms with Gasteiger partial charge in [-0.15, -0.1) is 0 Å². The summed E-state index contributed by atoms with van der Waals surface area (Å²) in [6.07, 6.45) is 10.5. The highest BCUT2D eigenvalue weighted by Crippen LogP contribution is 2.42. The van der Waals surface area contributed by atoms with Crippen LogP contribution in [0.2, 0.25) is 0 Å². The Morgan fingerprint density at radius 3 is 2.73 bits per heavy atom. The maximum Gasteiger partial charge on any atom is 0.0686 e. The average molecular weight is 152 g/mol. The first-order valence-electron chi connectivity index (χ1n) is 4.69. The van der Waals surface area contributed by atoms with Gasteiger partial charge in [-0.1, -0.05) is 11.6 Å². The van der Waals surface area contributed by atoms with Gasteiger partial charge < -0.3 is 5.11 Å². The molecular formula is C10H16O. The van der Waals surface area contributed by atoms with E-state index in [1.165, 1.54) is 31.3 Å². The lowest BCUT2D eigenvalue weighted by Crippen LogP contribution is -2.08. The molecule has 0 aliphatic heterocycles. The van der Waals surface area contributed by atoms with E-state index in [2.05, 4.69) is 6.08 Å². The van der Waals surface area contributed by atoms with E-state index in [0.29, 0.717) is 0 Å². The van der Waals surface area contributed by atoms with Crippen LogP contribution in [0.5, 0.6) is 0 Å². The van der Waals surface area contributed by atoms with E-state index in [1.54, 1.807) is 0 Å². The van der Waals surface area contributed by atoms with Crippen molar-refractivity contribution in [3.05, 3.63) is 11.6 Å². The van der Waals surface area contributed by atoms with E-state index in [4.69, 9.17) is 0 Å². The first-order valence-corrected chi connectivity index (χ1v) is 4.69. The molecule has 1 nitrogen and oxygen atoms in total.